The lowest BCUT2D eigenvalue weighted by molar-refractivity contribution is 0.566. The van der Waals surface area contributed by atoms with Gasteiger partial charge >= 0.3 is 0 Å². The van der Waals surface area contributed by atoms with Crippen LogP contribution in [0.2, 0.25) is 0 Å². The average Bonchev–Trinajstić information content (AvgIpc) is 3.74. The number of tetrazole rings is 1. The van der Waals surface area contributed by atoms with Crippen LogP contribution in [0.4, 0.5) is 4.39 Å². The van der Waals surface area contributed by atoms with Crippen molar-refractivity contribution in [2.75, 3.05) is 0 Å². The molecule has 0 bridgehead atoms. The molecule has 8 nitrogen and oxygen atoms in total. The maximum atomic E-state index is 14.4. The van der Waals surface area contributed by atoms with Crippen molar-refractivity contribution in [2.45, 2.75) is 38.8 Å². The number of rotatable bonds is 6. The number of halogens is 1. The molecule has 198 valence electrons. The second-order valence-electron chi connectivity index (χ2n) is 10.1. The van der Waals surface area contributed by atoms with E-state index in [1.54, 1.807) is 29.0 Å². The van der Waals surface area contributed by atoms with Gasteiger partial charge in [0.25, 0.3) is 5.56 Å². The Morgan fingerprint density at radius 3 is 2.65 bits per heavy atom. The summed E-state index contributed by atoms with van der Waals surface area (Å²) in [6.07, 6.45) is 4.16. The number of nitrogens with one attached hydrogen (secondary N) is 1. The predicted molar refractivity (Wildman–Crippen MR) is 150 cm³/mol. The largest absolute Gasteiger partial charge is 0.316 e. The molecular weight excluding hydrogens is 505 g/mol. The average molecular weight is 532 g/mol. The minimum atomic E-state index is -0.321. The first-order chi connectivity index (χ1) is 19.6. The zero-order valence-corrected chi connectivity index (χ0v) is 21.9. The Kier molecular flexibility index (Phi) is 5.84. The van der Waals surface area contributed by atoms with Crippen molar-refractivity contribution in [3.05, 3.63) is 118 Å². The number of aryl methyl sites for hydroxylation is 2. The second kappa shape index (κ2) is 9.68. The Morgan fingerprint density at radius 2 is 1.85 bits per heavy atom. The summed E-state index contributed by atoms with van der Waals surface area (Å²) in [7, 11) is 0. The van der Waals surface area contributed by atoms with Crippen molar-refractivity contribution in [3.63, 3.8) is 0 Å². The molecule has 7 rings (SSSR count). The molecule has 3 heterocycles. The fourth-order valence-electron chi connectivity index (χ4n) is 5.95. The third kappa shape index (κ3) is 3.93. The van der Waals surface area contributed by atoms with Crippen LogP contribution < -0.4 is 5.56 Å². The highest BCUT2D eigenvalue weighted by molar-refractivity contribution is 5.81. The van der Waals surface area contributed by atoms with Crippen LogP contribution in [0.25, 0.3) is 33.5 Å². The molecule has 0 fully saturated rings. The fourth-order valence-corrected chi connectivity index (χ4v) is 5.95. The summed E-state index contributed by atoms with van der Waals surface area (Å²) in [5.74, 6) is 1.11. The van der Waals surface area contributed by atoms with E-state index in [4.69, 9.17) is 4.98 Å². The molecule has 3 aromatic carbocycles. The van der Waals surface area contributed by atoms with Crippen molar-refractivity contribution in [1.82, 2.24) is 34.7 Å². The number of benzene rings is 3. The molecule has 0 spiro atoms. The van der Waals surface area contributed by atoms with Crippen LogP contribution in [0.1, 0.15) is 41.9 Å². The van der Waals surface area contributed by atoms with E-state index in [-0.39, 0.29) is 24.0 Å². The highest BCUT2D eigenvalue weighted by atomic mass is 19.1. The lowest BCUT2D eigenvalue weighted by atomic mass is 9.96. The molecule has 1 atom stereocenters. The molecule has 6 aromatic rings. The van der Waals surface area contributed by atoms with E-state index in [9.17, 15) is 9.18 Å². The number of imidazole rings is 1. The van der Waals surface area contributed by atoms with Gasteiger partial charge in [-0.3, -0.25) is 4.79 Å². The van der Waals surface area contributed by atoms with Gasteiger partial charge in [0.05, 0.1) is 18.1 Å². The Balaban J connectivity index is 1.31. The van der Waals surface area contributed by atoms with E-state index in [1.165, 1.54) is 17.2 Å². The molecule has 1 N–H and O–H groups in total. The lowest BCUT2D eigenvalue weighted by Gasteiger charge is -2.18. The van der Waals surface area contributed by atoms with Gasteiger partial charge < -0.3 is 9.13 Å². The predicted octanol–water partition coefficient (Wildman–Crippen LogP) is 5.33. The minimum absolute atomic E-state index is 0.00605. The van der Waals surface area contributed by atoms with Crippen molar-refractivity contribution < 1.29 is 4.39 Å². The molecule has 1 aliphatic rings. The first-order valence-corrected chi connectivity index (χ1v) is 13.4. The third-order valence-electron chi connectivity index (χ3n) is 7.83. The van der Waals surface area contributed by atoms with Crippen LogP contribution in [0.15, 0.2) is 83.8 Å². The molecule has 0 unspecified atom stereocenters. The Bertz CT molecular complexity index is 1920. The Morgan fingerprint density at radius 1 is 1.02 bits per heavy atom. The van der Waals surface area contributed by atoms with E-state index in [2.05, 4.69) is 56.4 Å². The summed E-state index contributed by atoms with van der Waals surface area (Å²) < 4.78 is 18.1. The van der Waals surface area contributed by atoms with Crippen LogP contribution in [-0.4, -0.2) is 34.7 Å². The summed E-state index contributed by atoms with van der Waals surface area (Å²) in [5.41, 5.74) is 7.03. The van der Waals surface area contributed by atoms with Crippen molar-refractivity contribution >= 4 is 11.0 Å². The van der Waals surface area contributed by atoms with Gasteiger partial charge in [-0.15, -0.1) is 10.2 Å². The number of pyridine rings is 1. The molecule has 1 aliphatic carbocycles. The SMILES string of the molecule is CCc1nc2ccn(Cc3ccccc3F)c(=O)c2n1[C@H]1CCc2cc(-c3ccccc3-c3nn[nH]n3)ccc21. The van der Waals surface area contributed by atoms with Gasteiger partial charge in [0.2, 0.25) is 5.82 Å². The number of H-pyrrole nitrogens is 1. The number of hydrogen-bond acceptors (Lipinski definition) is 5. The van der Waals surface area contributed by atoms with Gasteiger partial charge in [-0.2, -0.15) is 5.21 Å². The van der Waals surface area contributed by atoms with Crippen LogP contribution in [-0.2, 0) is 19.4 Å². The van der Waals surface area contributed by atoms with Gasteiger partial charge in [-0.1, -0.05) is 67.6 Å². The standard InChI is InChI=1S/C31H26FN7O/c1-2-28-33-26-15-16-38(18-21-7-3-6-10-25(21)32)31(40)29(26)39(28)27-14-12-20-17-19(11-13-23(20)27)22-8-4-5-9-24(22)30-34-36-37-35-30/h3-11,13,15-17,27H,2,12,14,18H2,1H3,(H,34,35,36,37)/t27-/m0/s1. The van der Waals surface area contributed by atoms with E-state index in [0.717, 1.165) is 35.4 Å². The lowest BCUT2D eigenvalue weighted by Crippen LogP contribution is -2.24. The minimum Gasteiger partial charge on any atom is -0.316 e. The van der Waals surface area contributed by atoms with Gasteiger partial charge in [0, 0.05) is 23.7 Å². The molecule has 0 amide bonds. The van der Waals surface area contributed by atoms with Crippen LogP contribution >= 0.6 is 0 Å². The zero-order valence-electron chi connectivity index (χ0n) is 21.9. The number of aromatic nitrogens is 7. The Hall–Kier alpha value is -4.92. The summed E-state index contributed by atoms with van der Waals surface area (Å²) in [6.45, 7) is 2.22. The quantitative estimate of drug-likeness (QED) is 0.314. The van der Waals surface area contributed by atoms with E-state index < -0.39 is 0 Å². The monoisotopic (exact) mass is 531 g/mol. The second-order valence-corrected chi connectivity index (χ2v) is 10.1. The molecule has 0 radical (unpaired) electrons. The maximum absolute atomic E-state index is 14.4. The number of fused-ring (bicyclic) bond motifs is 2. The van der Waals surface area contributed by atoms with Crippen molar-refractivity contribution in [3.8, 4) is 22.5 Å². The molecule has 3 aromatic heterocycles. The highest BCUT2D eigenvalue weighted by Crippen LogP contribution is 2.40. The third-order valence-corrected chi connectivity index (χ3v) is 7.83. The van der Waals surface area contributed by atoms with Crippen LogP contribution in [0.5, 0.6) is 0 Å². The summed E-state index contributed by atoms with van der Waals surface area (Å²) >= 11 is 0. The summed E-state index contributed by atoms with van der Waals surface area (Å²) in [4.78, 5) is 18.6. The molecule has 0 saturated carbocycles. The molecule has 0 aliphatic heterocycles. The number of hydrogen-bond donors (Lipinski definition) is 1. The topological polar surface area (TPSA) is 94.3 Å². The first-order valence-electron chi connectivity index (χ1n) is 13.4. The number of nitrogens with zero attached hydrogens (tertiary/aromatic N) is 6. The van der Waals surface area contributed by atoms with E-state index >= 15 is 0 Å². The van der Waals surface area contributed by atoms with Gasteiger partial charge in [-0.25, -0.2) is 9.37 Å². The van der Waals surface area contributed by atoms with Gasteiger partial charge in [0.15, 0.2) is 0 Å². The van der Waals surface area contributed by atoms with E-state index in [1.807, 2.05) is 24.3 Å². The molecule has 40 heavy (non-hydrogen) atoms. The highest BCUT2D eigenvalue weighted by Gasteiger charge is 2.29. The molecular formula is C31H26FN7O. The van der Waals surface area contributed by atoms with Crippen LogP contribution in [0.3, 0.4) is 0 Å². The summed E-state index contributed by atoms with van der Waals surface area (Å²) in [5, 5.41) is 14.6. The zero-order chi connectivity index (χ0) is 27.2. The summed E-state index contributed by atoms with van der Waals surface area (Å²) in [6, 6.07) is 23.0. The number of aromatic amines is 1. The van der Waals surface area contributed by atoms with Gasteiger partial charge in [0.1, 0.15) is 17.2 Å². The van der Waals surface area contributed by atoms with E-state index in [0.29, 0.717) is 28.8 Å². The first kappa shape index (κ1) is 24.1. The smallest absolute Gasteiger partial charge is 0.277 e. The fraction of sp³-hybridized carbons (Fsp3) is 0.194. The van der Waals surface area contributed by atoms with Gasteiger partial charge in [-0.05, 0) is 52.4 Å². The maximum Gasteiger partial charge on any atom is 0.277 e. The molecule has 0 saturated heterocycles. The van der Waals surface area contributed by atoms with Crippen molar-refractivity contribution in [2.24, 2.45) is 0 Å². The van der Waals surface area contributed by atoms with Crippen LogP contribution in [0, 0.1) is 5.82 Å². The molecule has 9 heteroatoms. The normalized spacial score (nSPS) is 14.6. The van der Waals surface area contributed by atoms with Crippen molar-refractivity contribution in [1.29, 1.82) is 0 Å². The Labute approximate surface area is 229 Å².